The average Bonchev–Trinajstić information content (AvgIpc) is 2.82. The smallest absolute Gasteiger partial charge is 0.237 e. The van der Waals surface area contributed by atoms with E-state index >= 15 is 0 Å². The molecule has 0 aliphatic heterocycles. The molecular weight excluding hydrogens is 292 g/mol. The number of benzene rings is 1. The van der Waals surface area contributed by atoms with Crippen LogP contribution >= 0.6 is 23.7 Å². The Morgan fingerprint density at radius 2 is 2.00 bits per heavy atom. The highest BCUT2D eigenvalue weighted by Crippen LogP contribution is 2.14. The second kappa shape index (κ2) is 8.04. The molecule has 2 rings (SSSR count). The molecule has 0 fully saturated rings. The van der Waals surface area contributed by atoms with Crippen molar-refractivity contribution in [3.8, 4) is 0 Å². The lowest BCUT2D eigenvalue weighted by atomic mass is 10.1. The van der Waals surface area contributed by atoms with Crippen LogP contribution in [-0.4, -0.2) is 11.9 Å². The number of carbonyl (C=O) groups excluding carboxylic acids is 1. The highest BCUT2D eigenvalue weighted by Gasteiger charge is 2.14. The standard InChI is InChI=1S/C15H18N2OS.ClH/c1-11-7-8-19-14(11)10-17-15(18)13(16)9-12-5-3-2-4-6-12;/h2-8,13H,9-10,16H2,1H3,(H,17,18);1H. The topological polar surface area (TPSA) is 55.1 Å². The van der Waals surface area contributed by atoms with Gasteiger partial charge < -0.3 is 11.1 Å². The summed E-state index contributed by atoms with van der Waals surface area (Å²) in [5, 5.41) is 4.92. The van der Waals surface area contributed by atoms with Gasteiger partial charge in [-0.2, -0.15) is 0 Å². The molecule has 1 heterocycles. The van der Waals surface area contributed by atoms with Gasteiger partial charge in [0, 0.05) is 4.88 Å². The summed E-state index contributed by atoms with van der Waals surface area (Å²) in [5.41, 5.74) is 8.21. The maximum Gasteiger partial charge on any atom is 0.237 e. The number of rotatable bonds is 5. The zero-order chi connectivity index (χ0) is 13.7. The van der Waals surface area contributed by atoms with E-state index in [0.717, 1.165) is 5.56 Å². The van der Waals surface area contributed by atoms with Crippen molar-refractivity contribution in [2.75, 3.05) is 0 Å². The molecule has 3 N–H and O–H groups in total. The molecule has 1 aromatic carbocycles. The van der Waals surface area contributed by atoms with Crippen molar-refractivity contribution in [3.05, 3.63) is 57.8 Å². The molecule has 0 aliphatic carbocycles. The van der Waals surface area contributed by atoms with E-state index in [4.69, 9.17) is 5.73 Å². The van der Waals surface area contributed by atoms with Gasteiger partial charge in [0.15, 0.2) is 0 Å². The van der Waals surface area contributed by atoms with Crippen molar-refractivity contribution < 1.29 is 4.79 Å². The van der Waals surface area contributed by atoms with E-state index in [2.05, 4.69) is 11.4 Å². The van der Waals surface area contributed by atoms with Crippen molar-refractivity contribution in [1.29, 1.82) is 0 Å². The SMILES string of the molecule is Cc1ccsc1CNC(=O)C(N)Cc1ccccc1.Cl. The van der Waals surface area contributed by atoms with Gasteiger partial charge in [0.05, 0.1) is 12.6 Å². The van der Waals surface area contributed by atoms with Gasteiger partial charge in [-0.05, 0) is 35.9 Å². The minimum absolute atomic E-state index is 0. The van der Waals surface area contributed by atoms with Crippen molar-refractivity contribution in [2.45, 2.75) is 25.9 Å². The van der Waals surface area contributed by atoms with Crippen LogP contribution in [0.15, 0.2) is 41.8 Å². The second-order valence-electron chi connectivity index (χ2n) is 4.54. The Kier molecular flexibility index (Phi) is 6.71. The molecule has 20 heavy (non-hydrogen) atoms. The lowest BCUT2D eigenvalue weighted by Gasteiger charge is -2.12. The number of nitrogens with one attached hydrogen (secondary N) is 1. The van der Waals surface area contributed by atoms with Gasteiger partial charge in [-0.25, -0.2) is 0 Å². The molecule has 2 aromatic rings. The van der Waals surface area contributed by atoms with Gasteiger partial charge in [-0.15, -0.1) is 23.7 Å². The lowest BCUT2D eigenvalue weighted by Crippen LogP contribution is -2.41. The van der Waals surface area contributed by atoms with Crippen LogP contribution in [-0.2, 0) is 17.8 Å². The molecule has 0 saturated carbocycles. The van der Waals surface area contributed by atoms with Crippen molar-refractivity contribution >= 4 is 29.7 Å². The summed E-state index contributed by atoms with van der Waals surface area (Å²) in [6.45, 7) is 2.60. The van der Waals surface area contributed by atoms with Crippen molar-refractivity contribution in [1.82, 2.24) is 5.32 Å². The monoisotopic (exact) mass is 310 g/mol. The third kappa shape index (κ3) is 4.63. The van der Waals surface area contributed by atoms with Gasteiger partial charge in [-0.3, -0.25) is 4.79 Å². The second-order valence-corrected chi connectivity index (χ2v) is 5.54. The number of nitrogens with two attached hydrogens (primary N) is 1. The van der Waals surface area contributed by atoms with Crippen LogP contribution in [0.5, 0.6) is 0 Å². The summed E-state index contributed by atoms with van der Waals surface area (Å²) in [6.07, 6.45) is 0.566. The molecule has 1 amide bonds. The number of amides is 1. The Labute approximate surface area is 129 Å². The first-order chi connectivity index (χ1) is 9.16. The third-order valence-corrected chi connectivity index (χ3v) is 4.05. The number of thiophene rings is 1. The van der Waals surface area contributed by atoms with Crippen molar-refractivity contribution in [2.24, 2.45) is 5.73 Å². The third-order valence-electron chi connectivity index (χ3n) is 3.03. The molecule has 1 unspecified atom stereocenters. The summed E-state index contributed by atoms with van der Waals surface area (Å²) in [6, 6.07) is 11.4. The van der Waals surface area contributed by atoms with Crippen LogP contribution in [0.2, 0.25) is 0 Å². The maximum atomic E-state index is 11.9. The largest absolute Gasteiger partial charge is 0.350 e. The molecule has 3 nitrogen and oxygen atoms in total. The number of halogens is 1. The van der Waals surface area contributed by atoms with E-state index in [1.807, 2.05) is 42.6 Å². The summed E-state index contributed by atoms with van der Waals surface area (Å²) in [4.78, 5) is 13.1. The van der Waals surface area contributed by atoms with E-state index in [9.17, 15) is 4.79 Å². The molecule has 0 saturated heterocycles. The zero-order valence-corrected chi connectivity index (χ0v) is 13.0. The molecule has 108 valence electrons. The summed E-state index contributed by atoms with van der Waals surface area (Å²) >= 11 is 1.65. The van der Waals surface area contributed by atoms with Gasteiger partial charge >= 0.3 is 0 Å². The van der Waals surface area contributed by atoms with Gasteiger partial charge in [0.1, 0.15) is 0 Å². The minimum Gasteiger partial charge on any atom is -0.350 e. The summed E-state index contributed by atoms with van der Waals surface area (Å²) in [7, 11) is 0. The quantitative estimate of drug-likeness (QED) is 0.892. The zero-order valence-electron chi connectivity index (χ0n) is 11.3. The highest BCUT2D eigenvalue weighted by molar-refractivity contribution is 7.10. The number of aryl methyl sites for hydroxylation is 1. The first kappa shape index (κ1) is 16.7. The molecule has 5 heteroatoms. The molecule has 0 spiro atoms. The Morgan fingerprint density at radius 3 is 2.60 bits per heavy atom. The molecule has 0 aliphatic rings. The lowest BCUT2D eigenvalue weighted by molar-refractivity contribution is -0.122. The first-order valence-corrected chi connectivity index (χ1v) is 7.15. The summed E-state index contributed by atoms with van der Waals surface area (Å²) in [5.74, 6) is -0.100. The Hall–Kier alpha value is -1.36. The van der Waals surface area contributed by atoms with E-state index in [0.29, 0.717) is 13.0 Å². The molecule has 0 bridgehead atoms. The van der Waals surface area contributed by atoms with E-state index in [-0.39, 0.29) is 18.3 Å². The molecule has 1 atom stereocenters. The van der Waals surface area contributed by atoms with Crippen LogP contribution in [0.25, 0.3) is 0 Å². The predicted molar refractivity (Wildman–Crippen MR) is 86.3 cm³/mol. The Morgan fingerprint density at radius 1 is 1.30 bits per heavy atom. The van der Waals surface area contributed by atoms with Crippen molar-refractivity contribution in [3.63, 3.8) is 0 Å². The normalized spacial score (nSPS) is 11.5. The molecule has 1 aromatic heterocycles. The number of hydrogen-bond acceptors (Lipinski definition) is 3. The van der Waals surface area contributed by atoms with E-state index in [1.54, 1.807) is 11.3 Å². The average molecular weight is 311 g/mol. The van der Waals surface area contributed by atoms with Crippen LogP contribution in [0.4, 0.5) is 0 Å². The fourth-order valence-electron chi connectivity index (χ4n) is 1.84. The summed E-state index contributed by atoms with van der Waals surface area (Å²) < 4.78 is 0. The molecule has 0 radical (unpaired) electrons. The first-order valence-electron chi connectivity index (χ1n) is 6.27. The fourth-order valence-corrected chi connectivity index (χ4v) is 2.69. The van der Waals surface area contributed by atoms with Crippen LogP contribution in [0.3, 0.4) is 0 Å². The van der Waals surface area contributed by atoms with Crippen LogP contribution in [0.1, 0.15) is 16.0 Å². The van der Waals surface area contributed by atoms with E-state index in [1.165, 1.54) is 10.4 Å². The van der Waals surface area contributed by atoms with Gasteiger partial charge in [0.2, 0.25) is 5.91 Å². The van der Waals surface area contributed by atoms with Gasteiger partial charge in [0.25, 0.3) is 0 Å². The van der Waals surface area contributed by atoms with Crippen LogP contribution < -0.4 is 11.1 Å². The highest BCUT2D eigenvalue weighted by atomic mass is 35.5. The van der Waals surface area contributed by atoms with E-state index < -0.39 is 6.04 Å². The molecular formula is C15H19ClN2OS. The Balaban J connectivity index is 0.00000200. The number of hydrogen-bond donors (Lipinski definition) is 2. The Bertz CT molecular complexity index is 542. The number of carbonyl (C=O) groups is 1. The fraction of sp³-hybridized carbons (Fsp3) is 0.267. The van der Waals surface area contributed by atoms with Crippen LogP contribution in [0, 0.1) is 6.92 Å². The predicted octanol–water partition coefficient (Wildman–Crippen LogP) is 2.66. The van der Waals surface area contributed by atoms with Gasteiger partial charge in [-0.1, -0.05) is 30.3 Å². The maximum absolute atomic E-state index is 11.9. The minimum atomic E-state index is -0.498.